The molecule has 4 aromatic rings. The molecule has 0 amide bonds. The van der Waals surface area contributed by atoms with E-state index in [2.05, 4.69) is 0 Å². The van der Waals surface area contributed by atoms with Crippen LogP contribution in [-0.4, -0.2) is 35.3 Å². The molecule has 0 aliphatic heterocycles. The quantitative estimate of drug-likeness (QED) is 0.100. The molecule has 40 heavy (non-hydrogen) atoms. The first kappa shape index (κ1) is 28.9. The molecule has 4 aromatic carbocycles. The molecule has 6 nitrogen and oxygen atoms in total. The third kappa shape index (κ3) is 8.46. The first-order chi connectivity index (χ1) is 19.5. The number of benzene rings is 4. The predicted octanol–water partition coefficient (Wildman–Crippen LogP) is 6.86. The summed E-state index contributed by atoms with van der Waals surface area (Å²) in [6.07, 6.45) is -0.328. The van der Waals surface area contributed by atoms with Gasteiger partial charge in [-0.05, 0) is 59.5 Å². The molecule has 0 radical (unpaired) electrons. The Balaban J connectivity index is 1.31. The first-order valence-corrected chi connectivity index (χ1v) is 14.0. The average molecular weight is 556 g/mol. The molecule has 7 heteroatoms. The van der Waals surface area contributed by atoms with E-state index in [0.717, 1.165) is 16.0 Å². The lowest BCUT2D eigenvalue weighted by atomic mass is 10.1. The lowest BCUT2D eigenvalue weighted by Gasteiger charge is -2.22. The number of carbonyl (C=O) groups excluding carboxylic acids is 1. The van der Waals surface area contributed by atoms with Gasteiger partial charge in [-0.15, -0.1) is 11.8 Å². The number of nitrogens with one attached hydrogen (secondary N) is 1. The van der Waals surface area contributed by atoms with Gasteiger partial charge >= 0.3 is 5.97 Å². The van der Waals surface area contributed by atoms with Crippen LogP contribution in [0.5, 0.6) is 11.5 Å². The summed E-state index contributed by atoms with van der Waals surface area (Å²) in [4.78, 5) is 13.6. The lowest BCUT2D eigenvalue weighted by Crippen LogP contribution is -2.27. The molecule has 0 saturated heterocycles. The summed E-state index contributed by atoms with van der Waals surface area (Å²) in [5.41, 5.74) is 2.83. The summed E-state index contributed by atoms with van der Waals surface area (Å²) in [5, 5.41) is 18.5. The Bertz CT molecular complexity index is 1350. The van der Waals surface area contributed by atoms with Crippen LogP contribution in [0.2, 0.25) is 0 Å². The fraction of sp³-hybridized carbons (Fsp3) is 0.212. The Labute approximate surface area is 239 Å². The van der Waals surface area contributed by atoms with Gasteiger partial charge in [0.1, 0.15) is 36.1 Å². The number of aliphatic hydroxyl groups is 1. The molecular formula is C33H33NO5S. The van der Waals surface area contributed by atoms with Gasteiger partial charge in [-0.25, -0.2) is 0 Å². The highest BCUT2D eigenvalue weighted by molar-refractivity contribution is 8.00. The molecule has 2 unspecified atom stereocenters. The fourth-order valence-corrected chi connectivity index (χ4v) is 4.89. The van der Waals surface area contributed by atoms with Crippen LogP contribution in [0.15, 0.2) is 114 Å². The SMILES string of the molecule is CCCOC(=O)C(Sc1ccccc1)C(O)c1ccc(OCc2ccc(OCC(=N)c3ccccc3)cc2)cc1. The minimum Gasteiger partial charge on any atom is -0.489 e. The van der Waals surface area contributed by atoms with Crippen molar-refractivity contribution in [3.05, 3.63) is 126 Å². The van der Waals surface area contributed by atoms with Crippen molar-refractivity contribution in [1.82, 2.24) is 0 Å². The molecule has 4 rings (SSSR count). The molecule has 206 valence electrons. The van der Waals surface area contributed by atoms with Crippen LogP contribution in [0.3, 0.4) is 0 Å². The van der Waals surface area contributed by atoms with E-state index >= 15 is 0 Å². The molecule has 0 fully saturated rings. The van der Waals surface area contributed by atoms with E-state index in [-0.39, 0.29) is 6.61 Å². The highest BCUT2D eigenvalue weighted by Crippen LogP contribution is 2.34. The van der Waals surface area contributed by atoms with Crippen LogP contribution in [0.1, 0.15) is 36.1 Å². The number of aliphatic hydroxyl groups excluding tert-OH is 1. The van der Waals surface area contributed by atoms with E-state index in [1.165, 1.54) is 11.8 Å². The van der Waals surface area contributed by atoms with Gasteiger partial charge in [-0.2, -0.15) is 0 Å². The van der Waals surface area contributed by atoms with Crippen molar-refractivity contribution in [2.24, 2.45) is 0 Å². The highest BCUT2D eigenvalue weighted by Gasteiger charge is 2.30. The number of esters is 1. The maximum absolute atomic E-state index is 12.8. The standard InChI is InChI=1S/C33H33NO5S/c1-2-21-37-33(36)32(40-29-11-7-4-8-12-29)31(35)26-15-19-28(20-16-26)38-22-24-13-17-27(18-14-24)39-23-30(34)25-9-5-3-6-10-25/h3-20,31-32,34-35H,2,21-23H2,1H3. The summed E-state index contributed by atoms with van der Waals surface area (Å²) in [6, 6.07) is 33.7. The molecule has 0 saturated carbocycles. The summed E-state index contributed by atoms with van der Waals surface area (Å²) >= 11 is 1.29. The monoisotopic (exact) mass is 555 g/mol. The van der Waals surface area contributed by atoms with Gasteiger partial charge in [0.2, 0.25) is 0 Å². The van der Waals surface area contributed by atoms with Gasteiger partial charge < -0.3 is 24.7 Å². The second kappa shape index (κ2) is 14.9. The number of carbonyl (C=O) groups is 1. The topological polar surface area (TPSA) is 88.8 Å². The number of ether oxygens (including phenoxy) is 3. The Hall–Kier alpha value is -4.07. The summed E-state index contributed by atoms with van der Waals surface area (Å²) < 4.78 is 17.0. The Kier molecular flexibility index (Phi) is 10.8. The van der Waals surface area contributed by atoms with Crippen molar-refractivity contribution >= 4 is 23.4 Å². The van der Waals surface area contributed by atoms with E-state index in [0.29, 0.717) is 42.4 Å². The van der Waals surface area contributed by atoms with Crippen molar-refractivity contribution in [3.63, 3.8) is 0 Å². The minimum atomic E-state index is -1.04. The molecule has 0 bridgehead atoms. The smallest absolute Gasteiger partial charge is 0.322 e. The van der Waals surface area contributed by atoms with E-state index < -0.39 is 17.3 Å². The molecule has 0 aliphatic rings. The fourth-order valence-electron chi connectivity index (χ4n) is 3.83. The van der Waals surface area contributed by atoms with Gasteiger partial charge in [-0.3, -0.25) is 4.79 Å². The van der Waals surface area contributed by atoms with Crippen LogP contribution >= 0.6 is 11.8 Å². The number of thioether (sulfide) groups is 1. The number of hydrogen-bond donors (Lipinski definition) is 2. The first-order valence-electron chi connectivity index (χ1n) is 13.2. The van der Waals surface area contributed by atoms with Crippen LogP contribution in [0.4, 0.5) is 0 Å². The van der Waals surface area contributed by atoms with E-state index in [1.54, 1.807) is 24.3 Å². The maximum Gasteiger partial charge on any atom is 0.322 e. The van der Waals surface area contributed by atoms with Crippen molar-refractivity contribution in [2.75, 3.05) is 13.2 Å². The van der Waals surface area contributed by atoms with E-state index in [9.17, 15) is 9.90 Å². The summed E-state index contributed by atoms with van der Waals surface area (Å²) in [5.74, 6) is 0.893. The summed E-state index contributed by atoms with van der Waals surface area (Å²) in [7, 11) is 0. The van der Waals surface area contributed by atoms with Crippen molar-refractivity contribution < 1.29 is 24.1 Å². The second-order valence-electron chi connectivity index (χ2n) is 9.10. The molecule has 0 heterocycles. The zero-order valence-corrected chi connectivity index (χ0v) is 23.2. The van der Waals surface area contributed by atoms with Crippen LogP contribution in [0.25, 0.3) is 0 Å². The lowest BCUT2D eigenvalue weighted by molar-refractivity contribution is -0.145. The Morgan fingerprint density at radius 2 is 1.43 bits per heavy atom. The molecule has 2 atom stereocenters. The normalized spacial score (nSPS) is 12.2. The molecule has 0 spiro atoms. The number of hydrogen-bond acceptors (Lipinski definition) is 7. The number of rotatable bonds is 14. The third-order valence-electron chi connectivity index (χ3n) is 6.03. The van der Waals surface area contributed by atoms with Gasteiger partial charge in [0.05, 0.1) is 12.3 Å². The average Bonchev–Trinajstić information content (AvgIpc) is 3.01. The van der Waals surface area contributed by atoms with Crippen LogP contribution < -0.4 is 9.47 Å². The van der Waals surface area contributed by atoms with Gasteiger partial charge in [0, 0.05) is 4.90 Å². The van der Waals surface area contributed by atoms with Gasteiger partial charge in [-0.1, -0.05) is 79.7 Å². The molecule has 0 aliphatic carbocycles. The second-order valence-corrected chi connectivity index (χ2v) is 10.3. The van der Waals surface area contributed by atoms with Gasteiger partial charge in [0.25, 0.3) is 0 Å². The summed E-state index contributed by atoms with van der Waals surface area (Å²) in [6.45, 7) is 2.80. The van der Waals surface area contributed by atoms with E-state index in [4.69, 9.17) is 19.6 Å². The van der Waals surface area contributed by atoms with Gasteiger partial charge in [0.15, 0.2) is 0 Å². The highest BCUT2D eigenvalue weighted by atomic mass is 32.2. The Morgan fingerprint density at radius 1 is 0.825 bits per heavy atom. The van der Waals surface area contributed by atoms with Crippen molar-refractivity contribution in [3.8, 4) is 11.5 Å². The molecule has 2 N–H and O–H groups in total. The maximum atomic E-state index is 12.8. The molecule has 0 aromatic heterocycles. The van der Waals surface area contributed by atoms with Crippen LogP contribution in [0, 0.1) is 5.41 Å². The zero-order valence-electron chi connectivity index (χ0n) is 22.4. The Morgan fingerprint density at radius 3 is 2.08 bits per heavy atom. The zero-order chi connectivity index (χ0) is 28.2. The third-order valence-corrected chi connectivity index (χ3v) is 7.28. The van der Waals surface area contributed by atoms with Crippen molar-refractivity contribution in [2.45, 2.75) is 36.2 Å². The largest absolute Gasteiger partial charge is 0.489 e. The van der Waals surface area contributed by atoms with Crippen molar-refractivity contribution in [1.29, 1.82) is 5.41 Å². The molecular weight excluding hydrogens is 522 g/mol. The van der Waals surface area contributed by atoms with Crippen LogP contribution in [-0.2, 0) is 16.1 Å². The minimum absolute atomic E-state index is 0.194. The van der Waals surface area contributed by atoms with E-state index in [1.807, 2.05) is 91.9 Å². The predicted molar refractivity (Wildman–Crippen MR) is 158 cm³/mol.